The quantitative estimate of drug-likeness (QED) is 0.611. The molecule has 0 aliphatic carbocycles. The van der Waals surface area contributed by atoms with Gasteiger partial charge in [-0.25, -0.2) is 0 Å². The minimum Gasteiger partial charge on any atom is -0.0608 e. The SMILES string of the molecule is CC[P]c1c(C)cc(C)cc1C. The Kier molecular flexibility index (Phi) is 3.29. The Bertz CT molecular complexity index is 253. The van der Waals surface area contributed by atoms with E-state index in [2.05, 4.69) is 39.8 Å². The maximum Gasteiger partial charge on any atom is -0.0135 e. The molecular weight excluding hydrogens is 163 g/mol. The van der Waals surface area contributed by atoms with Crippen LogP contribution in [0.4, 0.5) is 0 Å². The van der Waals surface area contributed by atoms with Crippen molar-refractivity contribution in [1.82, 2.24) is 0 Å². The average Bonchev–Trinajstić information content (AvgIpc) is 1.96. The minimum atomic E-state index is 1.21. The van der Waals surface area contributed by atoms with Gasteiger partial charge in [0.05, 0.1) is 0 Å². The van der Waals surface area contributed by atoms with E-state index in [9.17, 15) is 0 Å². The van der Waals surface area contributed by atoms with Gasteiger partial charge >= 0.3 is 0 Å². The van der Waals surface area contributed by atoms with Crippen LogP contribution in [0.25, 0.3) is 0 Å². The minimum absolute atomic E-state index is 1.21. The van der Waals surface area contributed by atoms with Crippen molar-refractivity contribution >= 4 is 13.9 Å². The van der Waals surface area contributed by atoms with E-state index in [4.69, 9.17) is 0 Å². The second-order valence-corrected chi connectivity index (χ2v) is 4.62. The predicted octanol–water partition coefficient (Wildman–Crippen LogP) is 3.20. The maximum atomic E-state index is 2.27. The number of hydrogen-bond donors (Lipinski definition) is 0. The lowest BCUT2D eigenvalue weighted by Gasteiger charge is -2.08. The summed E-state index contributed by atoms with van der Waals surface area (Å²) in [7, 11) is 1.46. The molecule has 0 unspecified atom stereocenters. The van der Waals surface area contributed by atoms with E-state index in [0.717, 1.165) is 0 Å². The molecule has 1 aromatic carbocycles. The lowest BCUT2D eigenvalue weighted by molar-refractivity contribution is 1.35. The van der Waals surface area contributed by atoms with Crippen LogP contribution in [-0.4, -0.2) is 6.16 Å². The van der Waals surface area contributed by atoms with Crippen LogP contribution in [0.15, 0.2) is 12.1 Å². The van der Waals surface area contributed by atoms with Gasteiger partial charge in [-0.2, -0.15) is 0 Å². The normalized spacial score (nSPS) is 11.3. The van der Waals surface area contributed by atoms with E-state index in [1.165, 1.54) is 36.7 Å². The summed E-state index contributed by atoms with van der Waals surface area (Å²) in [4.78, 5) is 0. The highest BCUT2D eigenvalue weighted by atomic mass is 31.1. The van der Waals surface area contributed by atoms with Crippen LogP contribution < -0.4 is 5.30 Å². The summed E-state index contributed by atoms with van der Waals surface area (Å²) in [5.74, 6) is 0. The molecule has 12 heavy (non-hydrogen) atoms. The molecule has 0 amide bonds. The fourth-order valence-corrected chi connectivity index (χ4v) is 2.52. The third kappa shape index (κ3) is 2.08. The molecule has 0 nitrogen and oxygen atoms in total. The molecule has 1 heteroatoms. The van der Waals surface area contributed by atoms with Crippen molar-refractivity contribution in [3.63, 3.8) is 0 Å². The highest BCUT2D eigenvalue weighted by molar-refractivity contribution is 7.47. The van der Waals surface area contributed by atoms with Gasteiger partial charge in [-0.05, 0) is 51.9 Å². The summed E-state index contributed by atoms with van der Waals surface area (Å²) in [5, 5.41) is 1.52. The summed E-state index contributed by atoms with van der Waals surface area (Å²) < 4.78 is 0. The highest BCUT2D eigenvalue weighted by Gasteiger charge is 2.02. The fourth-order valence-electron chi connectivity index (χ4n) is 1.58. The summed E-state index contributed by atoms with van der Waals surface area (Å²) in [6, 6.07) is 4.54. The molecule has 0 spiro atoms. The Morgan fingerprint density at radius 2 is 1.58 bits per heavy atom. The van der Waals surface area contributed by atoms with E-state index in [1.54, 1.807) is 0 Å². The molecule has 65 valence electrons. The van der Waals surface area contributed by atoms with Gasteiger partial charge in [0, 0.05) is 0 Å². The van der Waals surface area contributed by atoms with Gasteiger partial charge in [0.15, 0.2) is 0 Å². The Balaban J connectivity index is 3.10. The lowest BCUT2D eigenvalue weighted by Crippen LogP contribution is -2.05. The van der Waals surface area contributed by atoms with Crippen molar-refractivity contribution in [1.29, 1.82) is 0 Å². The molecule has 0 bridgehead atoms. The molecule has 1 radical (unpaired) electrons. The third-order valence-corrected chi connectivity index (χ3v) is 3.29. The zero-order chi connectivity index (χ0) is 9.14. The Hall–Kier alpha value is -0.350. The average molecular weight is 179 g/mol. The van der Waals surface area contributed by atoms with E-state index >= 15 is 0 Å². The molecule has 1 aromatic rings. The molecule has 0 N–H and O–H groups in total. The highest BCUT2D eigenvalue weighted by Crippen LogP contribution is 2.17. The first-order chi connectivity index (χ1) is 5.65. The van der Waals surface area contributed by atoms with Gasteiger partial charge in [0.25, 0.3) is 0 Å². The molecular formula is C11H16P. The molecule has 0 heterocycles. The van der Waals surface area contributed by atoms with Crippen LogP contribution in [0.1, 0.15) is 23.6 Å². The number of aryl methyl sites for hydroxylation is 3. The fraction of sp³-hybridized carbons (Fsp3) is 0.455. The molecule has 0 atom stereocenters. The van der Waals surface area contributed by atoms with E-state index in [-0.39, 0.29) is 0 Å². The van der Waals surface area contributed by atoms with Gasteiger partial charge in [0.1, 0.15) is 0 Å². The standard InChI is InChI=1S/C11H16P/c1-5-12-11-9(3)6-8(2)7-10(11)4/h6-7H,5H2,1-4H3. The van der Waals surface area contributed by atoms with E-state index in [0.29, 0.717) is 0 Å². The Labute approximate surface area is 77.2 Å². The van der Waals surface area contributed by atoms with Crippen molar-refractivity contribution in [2.24, 2.45) is 0 Å². The van der Waals surface area contributed by atoms with Crippen molar-refractivity contribution in [3.05, 3.63) is 28.8 Å². The maximum absolute atomic E-state index is 2.27. The number of rotatable bonds is 2. The monoisotopic (exact) mass is 179 g/mol. The van der Waals surface area contributed by atoms with Gasteiger partial charge < -0.3 is 0 Å². The van der Waals surface area contributed by atoms with Crippen molar-refractivity contribution in [3.8, 4) is 0 Å². The van der Waals surface area contributed by atoms with Gasteiger partial charge in [-0.15, -0.1) is 0 Å². The van der Waals surface area contributed by atoms with E-state index < -0.39 is 0 Å². The second-order valence-electron chi connectivity index (χ2n) is 3.22. The Morgan fingerprint density at radius 1 is 1.08 bits per heavy atom. The topological polar surface area (TPSA) is 0 Å². The molecule has 0 fully saturated rings. The largest absolute Gasteiger partial charge is 0.0608 e. The van der Waals surface area contributed by atoms with Crippen LogP contribution in [0.5, 0.6) is 0 Å². The van der Waals surface area contributed by atoms with Crippen LogP contribution in [0, 0.1) is 20.8 Å². The number of benzene rings is 1. The van der Waals surface area contributed by atoms with Crippen molar-refractivity contribution < 1.29 is 0 Å². The van der Waals surface area contributed by atoms with Gasteiger partial charge in [0.2, 0.25) is 0 Å². The summed E-state index contributed by atoms with van der Waals surface area (Å²) in [6.07, 6.45) is 1.21. The second kappa shape index (κ2) is 4.05. The molecule has 0 saturated heterocycles. The van der Waals surface area contributed by atoms with Crippen LogP contribution in [-0.2, 0) is 0 Å². The molecule has 1 rings (SSSR count). The molecule has 0 aromatic heterocycles. The van der Waals surface area contributed by atoms with Gasteiger partial charge in [-0.3, -0.25) is 0 Å². The third-order valence-electron chi connectivity index (χ3n) is 1.95. The zero-order valence-electron chi connectivity index (χ0n) is 8.31. The summed E-state index contributed by atoms with van der Waals surface area (Å²) >= 11 is 0. The van der Waals surface area contributed by atoms with Crippen LogP contribution in [0.2, 0.25) is 0 Å². The van der Waals surface area contributed by atoms with Crippen molar-refractivity contribution in [2.45, 2.75) is 27.7 Å². The number of hydrogen-bond acceptors (Lipinski definition) is 0. The summed E-state index contributed by atoms with van der Waals surface area (Å²) in [5.41, 5.74) is 4.26. The smallest absolute Gasteiger partial charge is 0.0135 e. The van der Waals surface area contributed by atoms with Crippen LogP contribution in [0.3, 0.4) is 0 Å². The molecule has 0 aliphatic rings. The predicted molar refractivity (Wildman–Crippen MR) is 57.7 cm³/mol. The first kappa shape index (κ1) is 9.74. The first-order valence-electron chi connectivity index (χ1n) is 4.40. The lowest BCUT2D eigenvalue weighted by atomic mass is 10.1. The van der Waals surface area contributed by atoms with Gasteiger partial charge in [-0.1, -0.05) is 24.6 Å². The molecule has 0 saturated carbocycles. The van der Waals surface area contributed by atoms with E-state index in [1.807, 2.05) is 0 Å². The summed E-state index contributed by atoms with van der Waals surface area (Å²) in [6.45, 7) is 8.79. The zero-order valence-corrected chi connectivity index (χ0v) is 9.20. The Morgan fingerprint density at radius 3 is 2.00 bits per heavy atom. The van der Waals surface area contributed by atoms with Crippen molar-refractivity contribution in [2.75, 3.05) is 6.16 Å². The molecule has 0 aliphatic heterocycles. The van der Waals surface area contributed by atoms with Crippen LogP contribution >= 0.6 is 8.58 Å². The first-order valence-corrected chi connectivity index (χ1v) is 5.48.